The van der Waals surface area contributed by atoms with Gasteiger partial charge in [-0.3, -0.25) is 10.6 Å². The molecule has 0 radical (unpaired) electrons. The summed E-state index contributed by atoms with van der Waals surface area (Å²) in [5.41, 5.74) is 7.04. The van der Waals surface area contributed by atoms with Crippen LogP contribution in [-0.4, -0.2) is 28.4 Å². The molecule has 0 fully saturated rings. The molecule has 0 atom stereocenters. The Morgan fingerprint density at radius 1 is 1.33 bits per heavy atom. The average Bonchev–Trinajstić information content (AvgIpc) is 2.46. The molecule has 0 aliphatic heterocycles. The minimum Gasteiger partial charge on any atom is -0.508 e. The molecule has 2 aromatic rings. The highest BCUT2D eigenvalue weighted by Gasteiger charge is 2.15. The first-order chi connectivity index (χ1) is 9.99. The summed E-state index contributed by atoms with van der Waals surface area (Å²) in [6.45, 7) is 0. The minimum atomic E-state index is -0.757. The third-order valence-corrected chi connectivity index (χ3v) is 2.68. The number of carbonyl (C=O) groups excluding carboxylic acids is 1. The topological polar surface area (TPSA) is 134 Å². The van der Waals surface area contributed by atoms with E-state index in [9.17, 15) is 15.0 Å². The fourth-order valence-corrected chi connectivity index (χ4v) is 1.64. The van der Waals surface area contributed by atoms with Crippen molar-refractivity contribution in [2.75, 3.05) is 18.2 Å². The molecule has 1 aromatic heterocycles. The molecule has 0 saturated carbocycles. The van der Waals surface area contributed by atoms with Crippen LogP contribution in [0.15, 0.2) is 30.3 Å². The molecule has 0 unspecified atom stereocenters. The van der Waals surface area contributed by atoms with Crippen molar-refractivity contribution >= 4 is 29.1 Å². The number of hydrogen-bond donors (Lipinski definition) is 5. The summed E-state index contributed by atoms with van der Waals surface area (Å²) in [5, 5.41) is 23.0. The number of pyridine rings is 1. The molecule has 0 saturated heterocycles. The Balaban J connectivity index is 2.23. The predicted molar refractivity (Wildman–Crippen MR) is 75.7 cm³/mol. The number of benzene rings is 1. The van der Waals surface area contributed by atoms with Crippen LogP contribution in [0.25, 0.3) is 0 Å². The van der Waals surface area contributed by atoms with Gasteiger partial charge in [0.1, 0.15) is 11.4 Å². The largest absolute Gasteiger partial charge is 0.508 e. The van der Waals surface area contributed by atoms with E-state index in [4.69, 9.17) is 5.73 Å². The molecule has 7 N–H and O–H groups in total. The number of amides is 1. The summed E-state index contributed by atoms with van der Waals surface area (Å²) >= 11 is 0. The van der Waals surface area contributed by atoms with E-state index in [0.717, 1.165) is 5.69 Å². The van der Waals surface area contributed by atoms with Gasteiger partial charge < -0.3 is 20.7 Å². The number of phenolic OH excluding ortho intramolecular Hbond substituents is 1. The number of phenols is 1. The molecule has 1 aromatic carbocycles. The fraction of sp³-hybridized carbons (Fsp3) is 0.0769. The van der Waals surface area contributed by atoms with Crippen LogP contribution in [0.1, 0.15) is 0 Å². The van der Waals surface area contributed by atoms with Crippen LogP contribution < -0.4 is 16.4 Å². The Morgan fingerprint density at radius 3 is 2.62 bits per heavy atom. The molecular formula is C13H15N4O4+. The summed E-state index contributed by atoms with van der Waals surface area (Å²) in [4.78, 5) is 15.0. The number of quaternary nitrogens is 1. The van der Waals surface area contributed by atoms with Gasteiger partial charge in [-0.1, -0.05) is 0 Å². The number of methoxy groups -OCH3 is 1. The highest BCUT2D eigenvalue weighted by molar-refractivity contribution is 5.86. The van der Waals surface area contributed by atoms with Crippen LogP contribution in [0.3, 0.4) is 0 Å². The second-order valence-electron chi connectivity index (χ2n) is 4.18. The highest BCUT2D eigenvalue weighted by Crippen LogP contribution is 2.27. The lowest BCUT2D eigenvalue weighted by atomic mass is 10.2. The van der Waals surface area contributed by atoms with Gasteiger partial charge in [-0.2, -0.15) is 0 Å². The lowest BCUT2D eigenvalue weighted by Gasteiger charge is -2.08. The zero-order valence-corrected chi connectivity index (χ0v) is 11.2. The molecule has 8 nitrogen and oxygen atoms in total. The van der Waals surface area contributed by atoms with Crippen LogP contribution in [0, 0.1) is 0 Å². The van der Waals surface area contributed by atoms with Crippen molar-refractivity contribution in [3.63, 3.8) is 0 Å². The highest BCUT2D eigenvalue weighted by atomic mass is 16.5. The summed E-state index contributed by atoms with van der Waals surface area (Å²) in [7, 11) is 1.20. The van der Waals surface area contributed by atoms with E-state index in [1.807, 2.05) is 0 Å². The van der Waals surface area contributed by atoms with E-state index in [1.165, 1.54) is 25.3 Å². The van der Waals surface area contributed by atoms with Crippen LogP contribution in [0.2, 0.25) is 0 Å². The number of aromatic hydroxyl groups is 2. The standard InChI is InChI=1S/C13H14N4O4/c1-21-13(20)17-12-10(19)6-9(11(14)16-12)15-7-2-4-8(18)5-3-7/h2-6,15,18-19H,1H3,(H3,14,16,17,20)/p+1. The van der Waals surface area contributed by atoms with Gasteiger partial charge in [0.25, 0.3) is 0 Å². The van der Waals surface area contributed by atoms with Crippen LogP contribution in [0.4, 0.5) is 27.8 Å². The van der Waals surface area contributed by atoms with Crippen molar-refractivity contribution < 1.29 is 25.1 Å². The predicted octanol–water partition coefficient (Wildman–Crippen LogP) is 0.780. The van der Waals surface area contributed by atoms with Gasteiger partial charge in [-0.25, -0.2) is 9.78 Å². The number of anilines is 2. The fourth-order valence-electron chi connectivity index (χ4n) is 1.64. The van der Waals surface area contributed by atoms with Gasteiger partial charge in [-0.05, 0) is 12.1 Å². The Labute approximate surface area is 120 Å². The maximum Gasteiger partial charge on any atom is 0.412 e. The smallest absolute Gasteiger partial charge is 0.412 e. The summed E-state index contributed by atoms with van der Waals surface area (Å²) in [6.07, 6.45) is -0.757. The second-order valence-corrected chi connectivity index (χ2v) is 4.18. The van der Waals surface area contributed by atoms with E-state index < -0.39 is 6.09 Å². The molecule has 1 amide bonds. The zero-order chi connectivity index (χ0) is 15.4. The summed E-state index contributed by atoms with van der Waals surface area (Å²) in [6, 6.07) is 7.81. The average molecular weight is 291 g/mol. The number of nitrogens with zero attached hydrogens (tertiary/aromatic N) is 1. The number of ether oxygens (including phenoxy) is 1. The van der Waals surface area contributed by atoms with Gasteiger partial charge in [-0.15, -0.1) is 0 Å². The Bertz CT molecular complexity index is 658. The zero-order valence-electron chi connectivity index (χ0n) is 11.2. The first-order valence-electron chi connectivity index (χ1n) is 5.98. The third-order valence-electron chi connectivity index (χ3n) is 2.68. The SMILES string of the molecule is COC(=O)Nc1nc(N)c([NH2+]c2ccc(O)cc2)cc1O. The van der Waals surface area contributed by atoms with Gasteiger partial charge in [0, 0.05) is 18.2 Å². The van der Waals surface area contributed by atoms with Gasteiger partial charge in [0.05, 0.1) is 7.11 Å². The maximum atomic E-state index is 11.1. The van der Waals surface area contributed by atoms with Crippen molar-refractivity contribution in [2.45, 2.75) is 0 Å². The quantitative estimate of drug-likeness (QED) is 0.419. The molecule has 110 valence electrons. The number of nitrogens with one attached hydrogen (secondary N) is 1. The number of aromatic nitrogens is 1. The van der Waals surface area contributed by atoms with Gasteiger partial charge >= 0.3 is 6.09 Å². The van der Waals surface area contributed by atoms with E-state index in [0.29, 0.717) is 5.69 Å². The van der Waals surface area contributed by atoms with Crippen molar-refractivity contribution in [1.29, 1.82) is 0 Å². The van der Waals surface area contributed by atoms with Crippen molar-refractivity contribution in [2.24, 2.45) is 0 Å². The Hall–Kier alpha value is -3.00. The van der Waals surface area contributed by atoms with E-state index in [2.05, 4.69) is 15.0 Å². The normalized spacial score (nSPS) is 10.1. The molecule has 2 rings (SSSR count). The number of nitrogens with two attached hydrogens (primary N) is 2. The number of carbonyl (C=O) groups is 1. The molecule has 0 aliphatic rings. The van der Waals surface area contributed by atoms with E-state index >= 15 is 0 Å². The Kier molecular flexibility index (Phi) is 4.10. The second kappa shape index (κ2) is 5.97. The molecule has 8 heteroatoms. The third kappa shape index (κ3) is 3.51. The van der Waals surface area contributed by atoms with Crippen LogP contribution in [-0.2, 0) is 4.74 Å². The first-order valence-corrected chi connectivity index (χ1v) is 5.98. The van der Waals surface area contributed by atoms with Crippen molar-refractivity contribution in [3.8, 4) is 11.5 Å². The Morgan fingerprint density at radius 2 is 2.00 bits per heavy atom. The maximum absolute atomic E-state index is 11.1. The minimum absolute atomic E-state index is 0.0813. The monoisotopic (exact) mass is 291 g/mol. The molecule has 0 spiro atoms. The molecule has 21 heavy (non-hydrogen) atoms. The first kappa shape index (κ1) is 14.4. The number of hydrogen-bond acceptors (Lipinski definition) is 6. The molecule has 0 bridgehead atoms. The van der Waals surface area contributed by atoms with Crippen molar-refractivity contribution in [1.82, 2.24) is 4.98 Å². The molecule has 1 heterocycles. The van der Waals surface area contributed by atoms with Crippen LogP contribution in [0.5, 0.6) is 11.5 Å². The summed E-state index contributed by atoms with van der Waals surface area (Å²) < 4.78 is 4.41. The van der Waals surface area contributed by atoms with Gasteiger partial charge in [0.2, 0.25) is 0 Å². The van der Waals surface area contributed by atoms with Crippen LogP contribution >= 0.6 is 0 Å². The molecular weight excluding hydrogens is 276 g/mol. The van der Waals surface area contributed by atoms with E-state index in [1.54, 1.807) is 17.4 Å². The number of nitrogen functional groups attached to an aromatic ring is 1. The van der Waals surface area contributed by atoms with E-state index in [-0.39, 0.29) is 23.1 Å². The summed E-state index contributed by atoms with van der Waals surface area (Å²) in [5.74, 6) is -0.0344. The number of rotatable bonds is 3. The lowest BCUT2D eigenvalue weighted by Crippen LogP contribution is -2.71. The molecule has 0 aliphatic carbocycles. The van der Waals surface area contributed by atoms with Gasteiger partial charge in [0.15, 0.2) is 23.1 Å². The lowest BCUT2D eigenvalue weighted by molar-refractivity contribution is -0.478. The van der Waals surface area contributed by atoms with Crippen molar-refractivity contribution in [3.05, 3.63) is 30.3 Å².